The van der Waals surface area contributed by atoms with Crippen molar-refractivity contribution in [3.05, 3.63) is 64.2 Å². The summed E-state index contributed by atoms with van der Waals surface area (Å²) in [6.45, 7) is 4.02. The number of anilines is 1. The fourth-order valence-electron chi connectivity index (χ4n) is 3.29. The van der Waals surface area contributed by atoms with Crippen molar-refractivity contribution in [1.29, 1.82) is 0 Å². The topological polar surface area (TPSA) is 55.1 Å². The second kappa shape index (κ2) is 5.84. The molecule has 0 saturated heterocycles. The summed E-state index contributed by atoms with van der Waals surface area (Å²) >= 11 is 0. The van der Waals surface area contributed by atoms with Gasteiger partial charge in [0.2, 0.25) is 0 Å². The number of hydrogen-bond acceptors (Lipinski definition) is 2. The van der Waals surface area contributed by atoms with Gasteiger partial charge >= 0.3 is 0 Å². The highest BCUT2D eigenvalue weighted by Crippen LogP contribution is 2.31. The van der Waals surface area contributed by atoms with Crippen LogP contribution >= 0.6 is 0 Å². The lowest BCUT2D eigenvalue weighted by Crippen LogP contribution is -2.31. The average Bonchev–Trinajstić information content (AvgIpc) is 2.47. The minimum Gasteiger partial charge on any atom is -0.399 e. The van der Waals surface area contributed by atoms with Crippen LogP contribution in [0.25, 0.3) is 0 Å². The zero-order valence-corrected chi connectivity index (χ0v) is 13.1. The van der Waals surface area contributed by atoms with Gasteiger partial charge in [-0.1, -0.05) is 23.8 Å². The first-order chi connectivity index (χ1) is 10.5. The van der Waals surface area contributed by atoms with Crippen molar-refractivity contribution in [2.24, 2.45) is 0 Å². The Morgan fingerprint density at radius 3 is 2.77 bits per heavy atom. The summed E-state index contributed by atoms with van der Waals surface area (Å²) in [6.07, 6.45) is 3.10. The lowest BCUT2D eigenvalue weighted by molar-refractivity contribution is 0.0932. The van der Waals surface area contributed by atoms with Crippen molar-refractivity contribution in [2.45, 2.75) is 39.2 Å². The molecule has 1 unspecified atom stereocenters. The van der Waals surface area contributed by atoms with Crippen molar-refractivity contribution in [3.63, 3.8) is 0 Å². The van der Waals surface area contributed by atoms with Crippen LogP contribution in [0.4, 0.5) is 5.69 Å². The smallest absolute Gasteiger partial charge is 0.252 e. The van der Waals surface area contributed by atoms with Crippen LogP contribution in [0.5, 0.6) is 0 Å². The van der Waals surface area contributed by atoms with Crippen molar-refractivity contribution >= 4 is 11.6 Å². The van der Waals surface area contributed by atoms with Gasteiger partial charge in [0, 0.05) is 11.3 Å². The monoisotopic (exact) mass is 294 g/mol. The molecule has 3 heteroatoms. The zero-order valence-electron chi connectivity index (χ0n) is 13.1. The van der Waals surface area contributed by atoms with Crippen LogP contribution in [0.3, 0.4) is 0 Å². The number of nitrogens with one attached hydrogen (secondary N) is 1. The normalized spacial score (nSPS) is 16.9. The third-order valence-corrected chi connectivity index (χ3v) is 4.41. The minimum atomic E-state index is 0.00664. The molecular weight excluding hydrogens is 272 g/mol. The molecule has 3 nitrogen and oxygen atoms in total. The van der Waals surface area contributed by atoms with Gasteiger partial charge in [-0.15, -0.1) is 0 Å². The van der Waals surface area contributed by atoms with Crippen LogP contribution in [0.1, 0.15) is 51.5 Å². The second-order valence-electron chi connectivity index (χ2n) is 6.19. The van der Waals surface area contributed by atoms with Crippen LogP contribution < -0.4 is 11.1 Å². The van der Waals surface area contributed by atoms with E-state index in [4.69, 9.17) is 5.73 Å². The summed E-state index contributed by atoms with van der Waals surface area (Å²) in [7, 11) is 0. The van der Waals surface area contributed by atoms with Gasteiger partial charge in [-0.2, -0.15) is 0 Å². The molecule has 22 heavy (non-hydrogen) atoms. The quantitative estimate of drug-likeness (QED) is 0.830. The highest BCUT2D eigenvalue weighted by Gasteiger charge is 2.22. The largest absolute Gasteiger partial charge is 0.399 e. The van der Waals surface area contributed by atoms with Crippen molar-refractivity contribution in [2.75, 3.05) is 5.73 Å². The molecule has 1 aliphatic rings. The fourth-order valence-corrected chi connectivity index (χ4v) is 3.29. The van der Waals surface area contributed by atoms with E-state index in [9.17, 15) is 4.79 Å². The summed E-state index contributed by atoms with van der Waals surface area (Å²) < 4.78 is 0. The molecule has 0 saturated carbocycles. The maximum Gasteiger partial charge on any atom is 0.252 e. The van der Waals surface area contributed by atoms with Gasteiger partial charge in [0.1, 0.15) is 0 Å². The molecule has 114 valence electrons. The first-order valence-electron chi connectivity index (χ1n) is 7.81. The number of fused-ring (bicyclic) bond motifs is 1. The molecule has 0 bridgehead atoms. The molecule has 2 aromatic carbocycles. The van der Waals surface area contributed by atoms with Gasteiger partial charge in [0.15, 0.2) is 0 Å². The Balaban J connectivity index is 1.84. The number of carbonyl (C=O) groups excluding carboxylic acids is 1. The number of rotatable bonds is 2. The number of carbonyl (C=O) groups is 1. The van der Waals surface area contributed by atoms with Gasteiger partial charge in [0.05, 0.1) is 6.04 Å². The molecule has 2 aromatic rings. The molecule has 0 heterocycles. The van der Waals surface area contributed by atoms with Gasteiger partial charge in [-0.3, -0.25) is 4.79 Å². The predicted molar refractivity (Wildman–Crippen MR) is 89.9 cm³/mol. The summed E-state index contributed by atoms with van der Waals surface area (Å²) in [6, 6.07) is 12.0. The van der Waals surface area contributed by atoms with Crippen LogP contribution in [0.2, 0.25) is 0 Å². The minimum absolute atomic E-state index is 0.00664. The molecule has 0 fully saturated rings. The SMILES string of the molecule is Cc1ccc(C(=O)NC2CCCc3cc(N)ccc32)c(C)c1. The molecule has 1 aliphatic carbocycles. The molecule has 0 spiro atoms. The first-order valence-corrected chi connectivity index (χ1v) is 7.81. The van der Waals surface area contributed by atoms with E-state index >= 15 is 0 Å². The molecule has 1 amide bonds. The number of nitrogens with two attached hydrogens (primary N) is 1. The molecule has 3 N–H and O–H groups in total. The Morgan fingerprint density at radius 1 is 1.18 bits per heavy atom. The van der Waals surface area contributed by atoms with Crippen LogP contribution in [-0.4, -0.2) is 5.91 Å². The number of amides is 1. The van der Waals surface area contributed by atoms with Crippen LogP contribution in [0, 0.1) is 13.8 Å². The van der Waals surface area contributed by atoms with E-state index in [1.165, 1.54) is 16.7 Å². The maximum atomic E-state index is 12.6. The highest BCUT2D eigenvalue weighted by molar-refractivity contribution is 5.96. The summed E-state index contributed by atoms with van der Waals surface area (Å²) in [5, 5.41) is 3.19. The molecule has 3 rings (SSSR count). The van der Waals surface area contributed by atoms with Gasteiger partial charge in [-0.05, 0) is 68.0 Å². The molecular formula is C19H22N2O. The van der Waals surface area contributed by atoms with Crippen LogP contribution in [0.15, 0.2) is 36.4 Å². The van der Waals surface area contributed by atoms with E-state index in [0.717, 1.165) is 36.1 Å². The number of benzene rings is 2. The maximum absolute atomic E-state index is 12.6. The van der Waals surface area contributed by atoms with E-state index in [0.29, 0.717) is 0 Å². The summed E-state index contributed by atoms with van der Waals surface area (Å²) in [4.78, 5) is 12.6. The number of aryl methyl sites for hydroxylation is 3. The standard InChI is InChI=1S/C19H22N2O/c1-12-6-8-16(13(2)10-12)19(22)21-18-5-3-4-14-11-15(20)7-9-17(14)18/h6-11,18H,3-5,20H2,1-2H3,(H,21,22). The average molecular weight is 294 g/mol. The Kier molecular flexibility index (Phi) is 3.88. The van der Waals surface area contributed by atoms with Gasteiger partial charge in [-0.25, -0.2) is 0 Å². The Bertz CT molecular complexity index is 721. The third kappa shape index (κ3) is 2.84. The lowest BCUT2D eigenvalue weighted by Gasteiger charge is -2.27. The molecule has 0 aromatic heterocycles. The lowest BCUT2D eigenvalue weighted by atomic mass is 9.87. The van der Waals surface area contributed by atoms with E-state index in [1.807, 2.05) is 44.2 Å². The van der Waals surface area contributed by atoms with Gasteiger partial charge in [0.25, 0.3) is 5.91 Å². The van der Waals surface area contributed by atoms with E-state index in [2.05, 4.69) is 11.4 Å². The number of nitrogen functional groups attached to an aromatic ring is 1. The van der Waals surface area contributed by atoms with E-state index in [1.54, 1.807) is 0 Å². The number of hydrogen-bond donors (Lipinski definition) is 2. The Hall–Kier alpha value is -2.29. The summed E-state index contributed by atoms with van der Waals surface area (Å²) in [5.41, 5.74) is 12.1. The highest BCUT2D eigenvalue weighted by atomic mass is 16.1. The first kappa shape index (κ1) is 14.6. The zero-order chi connectivity index (χ0) is 15.7. The molecule has 0 radical (unpaired) electrons. The molecule has 0 aliphatic heterocycles. The Labute approximate surface area is 131 Å². The third-order valence-electron chi connectivity index (χ3n) is 4.41. The predicted octanol–water partition coefficient (Wildman–Crippen LogP) is 3.69. The van der Waals surface area contributed by atoms with Crippen molar-refractivity contribution in [3.8, 4) is 0 Å². The van der Waals surface area contributed by atoms with E-state index < -0.39 is 0 Å². The second-order valence-corrected chi connectivity index (χ2v) is 6.19. The Morgan fingerprint density at radius 2 is 2.00 bits per heavy atom. The fraction of sp³-hybridized carbons (Fsp3) is 0.316. The van der Waals surface area contributed by atoms with E-state index in [-0.39, 0.29) is 11.9 Å². The van der Waals surface area contributed by atoms with Crippen molar-refractivity contribution in [1.82, 2.24) is 5.32 Å². The van der Waals surface area contributed by atoms with Crippen molar-refractivity contribution < 1.29 is 4.79 Å². The van der Waals surface area contributed by atoms with Gasteiger partial charge < -0.3 is 11.1 Å². The van der Waals surface area contributed by atoms with Crippen LogP contribution in [-0.2, 0) is 6.42 Å². The molecule has 1 atom stereocenters. The summed E-state index contributed by atoms with van der Waals surface area (Å²) in [5.74, 6) is 0.00664.